The van der Waals surface area contributed by atoms with E-state index in [1.54, 1.807) is 28.9 Å². The molecule has 2 rings (SSSR count). The fourth-order valence-electron chi connectivity index (χ4n) is 2.26. The molecule has 5 nitrogen and oxygen atoms in total. The Morgan fingerprint density at radius 1 is 1.19 bits per heavy atom. The van der Waals surface area contributed by atoms with Gasteiger partial charge in [0.1, 0.15) is 5.75 Å². The average molecular weight is 423 g/mol. The lowest BCUT2D eigenvalue weighted by Crippen LogP contribution is -2.50. The smallest absolute Gasteiger partial charge is 0.257 e. The molecule has 0 N–H and O–H groups in total. The highest BCUT2D eigenvalue weighted by molar-refractivity contribution is 14.1. The molecule has 1 aliphatic heterocycles. The van der Waals surface area contributed by atoms with Gasteiger partial charge in [-0.1, -0.05) is 11.6 Å². The second-order valence-corrected chi connectivity index (χ2v) is 6.33. The maximum Gasteiger partial charge on any atom is 0.257 e. The lowest BCUT2D eigenvalue weighted by atomic mass is 10.1. The number of ether oxygens (including phenoxy) is 1. The zero-order chi connectivity index (χ0) is 15.6. The van der Waals surface area contributed by atoms with Crippen LogP contribution in [0.1, 0.15) is 17.3 Å². The van der Waals surface area contributed by atoms with E-state index in [9.17, 15) is 9.59 Å². The minimum atomic E-state index is -0.117. The summed E-state index contributed by atoms with van der Waals surface area (Å²) in [5.41, 5.74) is 0.458. The van der Waals surface area contributed by atoms with Gasteiger partial charge >= 0.3 is 0 Å². The van der Waals surface area contributed by atoms with E-state index in [1.165, 1.54) is 7.11 Å². The number of nitrogens with zero attached hydrogens (tertiary/aromatic N) is 2. The van der Waals surface area contributed by atoms with Crippen LogP contribution >= 0.6 is 34.2 Å². The van der Waals surface area contributed by atoms with Crippen molar-refractivity contribution in [1.82, 2.24) is 9.80 Å². The fraction of sp³-hybridized carbons (Fsp3) is 0.429. The summed E-state index contributed by atoms with van der Waals surface area (Å²) in [6, 6.07) is 3.39. The average Bonchev–Trinajstić information content (AvgIpc) is 2.49. The summed E-state index contributed by atoms with van der Waals surface area (Å²) in [4.78, 5) is 27.4. The van der Waals surface area contributed by atoms with Crippen LogP contribution in [-0.2, 0) is 4.79 Å². The third kappa shape index (κ3) is 3.60. The second kappa shape index (κ2) is 6.83. The van der Waals surface area contributed by atoms with Gasteiger partial charge in [0.25, 0.3) is 5.91 Å². The van der Waals surface area contributed by atoms with Crippen molar-refractivity contribution in [3.05, 3.63) is 26.3 Å². The first-order valence-electron chi connectivity index (χ1n) is 6.52. The van der Waals surface area contributed by atoms with Crippen LogP contribution in [0.15, 0.2) is 12.1 Å². The molecule has 1 fully saturated rings. The van der Waals surface area contributed by atoms with E-state index in [2.05, 4.69) is 22.6 Å². The Bertz CT molecular complexity index is 572. The van der Waals surface area contributed by atoms with Gasteiger partial charge in [0.2, 0.25) is 5.91 Å². The Labute approximate surface area is 142 Å². The molecular formula is C14H16ClIN2O3. The number of carbonyl (C=O) groups excluding carboxylic acids is 2. The quantitative estimate of drug-likeness (QED) is 0.687. The fourth-order valence-corrected chi connectivity index (χ4v) is 2.86. The second-order valence-electron chi connectivity index (χ2n) is 4.76. The molecule has 21 heavy (non-hydrogen) atoms. The topological polar surface area (TPSA) is 49.9 Å². The molecule has 0 saturated carbocycles. The summed E-state index contributed by atoms with van der Waals surface area (Å²) in [5.74, 6) is 0.438. The number of piperazine rings is 1. The number of carbonyl (C=O) groups is 2. The van der Waals surface area contributed by atoms with Gasteiger partial charge in [0.05, 0.1) is 17.7 Å². The van der Waals surface area contributed by atoms with Crippen LogP contribution in [-0.4, -0.2) is 54.9 Å². The van der Waals surface area contributed by atoms with Crippen LogP contribution in [0.4, 0.5) is 0 Å². The van der Waals surface area contributed by atoms with Crippen LogP contribution in [0.2, 0.25) is 5.02 Å². The van der Waals surface area contributed by atoms with Gasteiger partial charge in [-0.05, 0) is 34.7 Å². The predicted octanol–water partition coefficient (Wildman–Crippen LogP) is 2.26. The normalized spacial score (nSPS) is 15.0. The van der Waals surface area contributed by atoms with Crippen LogP contribution in [0.5, 0.6) is 5.75 Å². The lowest BCUT2D eigenvalue weighted by Gasteiger charge is -2.34. The van der Waals surface area contributed by atoms with Gasteiger partial charge in [-0.2, -0.15) is 0 Å². The van der Waals surface area contributed by atoms with E-state index in [4.69, 9.17) is 16.3 Å². The molecule has 1 aromatic carbocycles. The van der Waals surface area contributed by atoms with Crippen molar-refractivity contribution in [2.75, 3.05) is 33.3 Å². The number of benzene rings is 1. The van der Waals surface area contributed by atoms with E-state index in [0.717, 1.165) is 3.57 Å². The molecule has 114 valence electrons. The largest absolute Gasteiger partial charge is 0.496 e. The van der Waals surface area contributed by atoms with Gasteiger partial charge in [-0.3, -0.25) is 9.59 Å². The van der Waals surface area contributed by atoms with Crippen molar-refractivity contribution in [3.63, 3.8) is 0 Å². The zero-order valence-electron chi connectivity index (χ0n) is 11.9. The highest BCUT2D eigenvalue weighted by Gasteiger charge is 2.25. The molecule has 0 aromatic heterocycles. The van der Waals surface area contributed by atoms with Crippen molar-refractivity contribution < 1.29 is 14.3 Å². The number of halogens is 2. The van der Waals surface area contributed by atoms with Crippen molar-refractivity contribution in [1.29, 1.82) is 0 Å². The lowest BCUT2D eigenvalue weighted by molar-refractivity contribution is -0.130. The van der Waals surface area contributed by atoms with Crippen molar-refractivity contribution in [2.45, 2.75) is 6.92 Å². The number of hydrogen-bond donors (Lipinski definition) is 0. The highest BCUT2D eigenvalue weighted by atomic mass is 127. The van der Waals surface area contributed by atoms with Gasteiger partial charge in [0, 0.05) is 36.7 Å². The summed E-state index contributed by atoms with van der Waals surface area (Å²) in [6.07, 6.45) is 0. The molecule has 0 radical (unpaired) electrons. The molecule has 7 heteroatoms. The first kappa shape index (κ1) is 16.4. The standard InChI is InChI=1S/C14H16ClIN2O3/c1-9(19)17-3-5-18(6-4-17)14(20)10-7-11(15)12(16)8-13(10)21-2/h7-8H,3-6H2,1-2H3. The van der Waals surface area contributed by atoms with Gasteiger partial charge in [-0.25, -0.2) is 0 Å². The molecule has 0 aliphatic carbocycles. The van der Waals surface area contributed by atoms with Gasteiger partial charge in [0.15, 0.2) is 0 Å². The summed E-state index contributed by atoms with van der Waals surface area (Å²) in [7, 11) is 1.53. The third-order valence-electron chi connectivity index (χ3n) is 3.49. The van der Waals surface area contributed by atoms with E-state index in [1.807, 2.05) is 0 Å². The van der Waals surface area contributed by atoms with Crippen LogP contribution in [0, 0.1) is 3.57 Å². The molecule has 1 aromatic rings. The summed E-state index contributed by atoms with van der Waals surface area (Å²) >= 11 is 8.20. The Balaban J connectivity index is 2.18. The minimum absolute atomic E-state index is 0.0389. The number of methoxy groups -OCH3 is 1. The monoisotopic (exact) mass is 422 g/mol. The number of rotatable bonds is 2. The van der Waals surface area contributed by atoms with Crippen molar-refractivity contribution in [2.24, 2.45) is 0 Å². The molecule has 0 spiro atoms. The third-order valence-corrected chi connectivity index (χ3v) is 5.01. The molecule has 0 bridgehead atoms. The van der Waals surface area contributed by atoms with E-state index < -0.39 is 0 Å². The first-order valence-corrected chi connectivity index (χ1v) is 7.97. The van der Waals surface area contributed by atoms with Crippen molar-refractivity contribution >= 4 is 46.0 Å². The number of amides is 2. The summed E-state index contributed by atoms with van der Waals surface area (Å²) in [5, 5.41) is 0.530. The molecule has 0 atom stereocenters. The molecular weight excluding hydrogens is 407 g/mol. The molecule has 1 heterocycles. The zero-order valence-corrected chi connectivity index (χ0v) is 14.8. The molecule has 1 aliphatic rings. The highest BCUT2D eigenvalue weighted by Crippen LogP contribution is 2.29. The minimum Gasteiger partial charge on any atom is -0.496 e. The van der Waals surface area contributed by atoms with Crippen LogP contribution in [0.25, 0.3) is 0 Å². The Kier molecular flexibility index (Phi) is 5.32. The van der Waals surface area contributed by atoms with Gasteiger partial charge in [-0.15, -0.1) is 0 Å². The van der Waals surface area contributed by atoms with E-state index >= 15 is 0 Å². The van der Waals surface area contributed by atoms with E-state index in [0.29, 0.717) is 42.5 Å². The Morgan fingerprint density at radius 3 is 2.29 bits per heavy atom. The summed E-state index contributed by atoms with van der Waals surface area (Å²) < 4.78 is 6.11. The Morgan fingerprint density at radius 2 is 1.76 bits per heavy atom. The van der Waals surface area contributed by atoms with Crippen LogP contribution < -0.4 is 4.74 Å². The predicted molar refractivity (Wildman–Crippen MR) is 88.9 cm³/mol. The molecule has 1 saturated heterocycles. The summed E-state index contributed by atoms with van der Waals surface area (Å²) in [6.45, 7) is 3.69. The maximum absolute atomic E-state index is 12.6. The number of hydrogen-bond acceptors (Lipinski definition) is 3. The van der Waals surface area contributed by atoms with Crippen molar-refractivity contribution in [3.8, 4) is 5.75 Å². The first-order chi connectivity index (χ1) is 9.93. The van der Waals surface area contributed by atoms with Gasteiger partial charge < -0.3 is 14.5 Å². The molecule has 0 unspecified atom stereocenters. The Hall–Kier alpha value is -1.02. The van der Waals surface area contributed by atoms with E-state index in [-0.39, 0.29) is 11.8 Å². The van der Waals surface area contributed by atoms with Crippen LogP contribution in [0.3, 0.4) is 0 Å². The molecule has 2 amide bonds. The SMILES string of the molecule is COc1cc(I)c(Cl)cc1C(=O)N1CCN(C(C)=O)CC1. The maximum atomic E-state index is 12.6.